The summed E-state index contributed by atoms with van der Waals surface area (Å²) in [5, 5.41) is 8.99. The van der Waals surface area contributed by atoms with Gasteiger partial charge >= 0.3 is 0 Å². The molecule has 0 amide bonds. The van der Waals surface area contributed by atoms with E-state index in [4.69, 9.17) is 17.4 Å². The van der Waals surface area contributed by atoms with Crippen LogP contribution >= 0.6 is 0 Å². The van der Waals surface area contributed by atoms with Crippen LogP contribution in [0.2, 0.25) is 0 Å². The van der Waals surface area contributed by atoms with Crippen molar-refractivity contribution in [2.45, 2.75) is 19.2 Å². The monoisotopic (exact) mass is 159 g/mol. The average molecular weight is 159 g/mol. The minimum Gasteiger partial charge on any atom is -0.396 e. The van der Waals surface area contributed by atoms with Crippen molar-refractivity contribution >= 4 is 0 Å². The van der Waals surface area contributed by atoms with Crippen LogP contribution in [0.25, 0.3) is 0 Å². The van der Waals surface area contributed by atoms with Crippen molar-refractivity contribution in [3.05, 3.63) is 35.8 Å². The van der Waals surface area contributed by atoms with Crippen LogP contribution in [-0.4, -0.2) is 11.7 Å². The van der Waals surface area contributed by atoms with Crippen LogP contribution < -0.4 is 0 Å². The van der Waals surface area contributed by atoms with E-state index in [1.807, 2.05) is 0 Å². The minimum atomic E-state index is -2.58. The quantitative estimate of drug-likeness (QED) is 0.712. The van der Waals surface area contributed by atoms with E-state index >= 15 is 0 Å². The molecule has 0 atom stereocenters. The SMILES string of the molecule is [2H]c1c([2H])c([2H])c(C([2H])([2H])CCC([2H])([2H])O)c([2H])c1[2H]. The Morgan fingerprint density at radius 1 is 1.27 bits per heavy atom. The van der Waals surface area contributed by atoms with E-state index in [1.165, 1.54) is 0 Å². The Labute approximate surface area is 80.3 Å². The first kappa shape index (κ1) is 2.33. The molecule has 60 valence electrons. The third-order valence-electron chi connectivity index (χ3n) is 1.04. The summed E-state index contributed by atoms with van der Waals surface area (Å²) in [6.07, 6.45) is -3.41. The molecule has 0 saturated heterocycles. The highest BCUT2D eigenvalue weighted by atomic mass is 16.2. The normalized spacial score (nSPS) is 24.3. The smallest absolute Gasteiger partial charge is 0.0626 e. The van der Waals surface area contributed by atoms with Crippen molar-refractivity contribution in [3.8, 4) is 0 Å². The molecule has 0 saturated carbocycles. The van der Waals surface area contributed by atoms with Crippen LogP contribution in [0.1, 0.15) is 30.7 Å². The standard InChI is InChI=1S/C10H14O/c11-9-5-4-8-10-6-2-1-3-7-10/h1-3,6-7,11H,4-5,8-9H2/i1D,2D,3D,6D,7D,8D2,9D2. The molecule has 1 rings (SSSR count). The van der Waals surface area contributed by atoms with E-state index in [-0.39, 0.29) is 0 Å². The zero-order valence-electron chi connectivity index (χ0n) is 14.9. The molecule has 1 N–H and O–H groups in total. The predicted octanol–water partition coefficient (Wildman–Crippen LogP) is 2.00. The van der Waals surface area contributed by atoms with Gasteiger partial charge in [0.15, 0.2) is 0 Å². The zero-order valence-corrected chi connectivity index (χ0v) is 5.86. The van der Waals surface area contributed by atoms with Crippen LogP contribution in [0.15, 0.2) is 30.2 Å². The van der Waals surface area contributed by atoms with Gasteiger partial charge in [0.1, 0.15) is 0 Å². The first-order valence-electron chi connectivity index (χ1n) is 7.68. The molecule has 0 unspecified atom stereocenters. The molecule has 1 aromatic rings. The van der Waals surface area contributed by atoms with Crippen LogP contribution in [0.4, 0.5) is 0 Å². The van der Waals surface area contributed by atoms with Crippen molar-refractivity contribution in [2.24, 2.45) is 0 Å². The Bertz CT molecular complexity index is 491. The van der Waals surface area contributed by atoms with E-state index in [0.29, 0.717) is 0 Å². The van der Waals surface area contributed by atoms with Crippen molar-refractivity contribution in [2.75, 3.05) is 6.56 Å². The molecule has 0 aromatic heterocycles. The molecule has 0 fully saturated rings. The van der Waals surface area contributed by atoms with Crippen LogP contribution in [0.5, 0.6) is 0 Å². The fourth-order valence-electron chi connectivity index (χ4n) is 0.582. The van der Waals surface area contributed by atoms with Gasteiger partial charge in [-0.1, -0.05) is 30.2 Å². The minimum absolute atomic E-state index is 0.509. The van der Waals surface area contributed by atoms with Gasteiger partial charge in [0.2, 0.25) is 0 Å². The molecule has 0 heterocycles. The lowest BCUT2D eigenvalue weighted by Crippen LogP contribution is -1.87. The molecular weight excluding hydrogens is 136 g/mol. The Balaban J connectivity index is 3.32. The summed E-state index contributed by atoms with van der Waals surface area (Å²) < 4.78 is 67.2. The van der Waals surface area contributed by atoms with E-state index in [1.54, 1.807) is 0 Å². The van der Waals surface area contributed by atoms with Gasteiger partial charge in [-0.15, -0.1) is 0 Å². The van der Waals surface area contributed by atoms with Crippen LogP contribution in [0, 0.1) is 0 Å². The van der Waals surface area contributed by atoms with Gasteiger partial charge in [-0.2, -0.15) is 0 Å². The second-order valence-corrected chi connectivity index (χ2v) is 1.83. The third kappa shape index (κ3) is 3.19. The van der Waals surface area contributed by atoms with E-state index in [9.17, 15) is 0 Å². The van der Waals surface area contributed by atoms with E-state index in [2.05, 4.69) is 0 Å². The highest BCUT2D eigenvalue weighted by molar-refractivity contribution is 5.14. The Kier molecular flexibility index (Phi) is 1.04. The molecular formula is C10H14O. The first-order valence-corrected chi connectivity index (χ1v) is 3.18. The topological polar surface area (TPSA) is 20.2 Å². The number of rotatable bonds is 4. The van der Waals surface area contributed by atoms with Crippen molar-refractivity contribution in [3.63, 3.8) is 0 Å². The maximum Gasteiger partial charge on any atom is 0.0626 e. The summed E-state index contributed by atoms with van der Waals surface area (Å²) in [6.45, 7) is -2.58. The van der Waals surface area contributed by atoms with Gasteiger partial charge in [-0.25, -0.2) is 0 Å². The lowest BCUT2D eigenvalue weighted by molar-refractivity contribution is 0.284. The predicted molar refractivity (Wildman–Crippen MR) is 46.5 cm³/mol. The molecule has 1 aromatic carbocycles. The summed E-state index contributed by atoms with van der Waals surface area (Å²) in [5.41, 5.74) is -0.521. The summed E-state index contributed by atoms with van der Waals surface area (Å²) >= 11 is 0. The van der Waals surface area contributed by atoms with Gasteiger partial charge in [-0.05, 0) is 24.8 Å². The number of hydrogen-bond donors (Lipinski definition) is 1. The number of benzene rings is 1. The van der Waals surface area contributed by atoms with Gasteiger partial charge in [0, 0.05) is 9.30 Å². The zero-order chi connectivity index (χ0) is 15.9. The van der Waals surface area contributed by atoms with Crippen molar-refractivity contribution in [1.29, 1.82) is 0 Å². The number of aliphatic hydroxyl groups is 1. The first-order chi connectivity index (χ1) is 8.88. The van der Waals surface area contributed by atoms with Gasteiger partial charge in [0.05, 0.1) is 9.60 Å². The molecule has 0 aliphatic rings. The second-order valence-electron chi connectivity index (χ2n) is 1.83. The molecule has 0 aliphatic heterocycles. The molecule has 0 spiro atoms. The highest BCUT2D eigenvalue weighted by Gasteiger charge is 1.89. The van der Waals surface area contributed by atoms with Crippen molar-refractivity contribution in [1.82, 2.24) is 0 Å². The molecule has 1 nitrogen and oxygen atoms in total. The summed E-state index contributed by atoms with van der Waals surface area (Å²) in [7, 11) is 0. The van der Waals surface area contributed by atoms with E-state index < -0.39 is 61.5 Å². The molecule has 0 bridgehead atoms. The third-order valence-corrected chi connectivity index (χ3v) is 1.04. The lowest BCUT2D eigenvalue weighted by Gasteiger charge is -1.97. The highest BCUT2D eigenvalue weighted by Crippen LogP contribution is 2.03. The van der Waals surface area contributed by atoms with Crippen LogP contribution in [0.3, 0.4) is 0 Å². The summed E-state index contributed by atoms with van der Waals surface area (Å²) in [6, 6.07) is -3.20. The fourth-order valence-corrected chi connectivity index (χ4v) is 0.582. The lowest BCUT2D eigenvalue weighted by atomic mass is 10.1. The Morgan fingerprint density at radius 2 is 2.00 bits per heavy atom. The van der Waals surface area contributed by atoms with Crippen LogP contribution in [-0.2, 0) is 6.37 Å². The fraction of sp³-hybridized carbons (Fsp3) is 0.400. The van der Waals surface area contributed by atoms with Gasteiger partial charge < -0.3 is 5.11 Å². The number of hydrogen-bond acceptors (Lipinski definition) is 1. The summed E-state index contributed by atoms with van der Waals surface area (Å²) in [4.78, 5) is 0. The molecule has 0 aliphatic carbocycles. The molecule has 1 heteroatoms. The van der Waals surface area contributed by atoms with Gasteiger partial charge in [-0.3, -0.25) is 0 Å². The van der Waals surface area contributed by atoms with Gasteiger partial charge in [0.25, 0.3) is 0 Å². The maximum atomic E-state index is 8.99. The molecule has 11 heavy (non-hydrogen) atoms. The Hall–Kier alpha value is -0.820. The van der Waals surface area contributed by atoms with Crippen molar-refractivity contribution < 1.29 is 17.4 Å². The van der Waals surface area contributed by atoms with E-state index in [0.717, 1.165) is 0 Å². The second kappa shape index (κ2) is 4.91. The molecule has 0 radical (unpaired) electrons. The average Bonchev–Trinajstić information content (AvgIpc) is 2.31. The largest absolute Gasteiger partial charge is 0.396 e. The Morgan fingerprint density at radius 3 is 2.64 bits per heavy atom. The maximum absolute atomic E-state index is 8.99. The summed E-state index contributed by atoms with van der Waals surface area (Å²) in [5.74, 6) is 0.